The van der Waals surface area contributed by atoms with Crippen molar-refractivity contribution in [3.8, 4) is 0 Å². The first-order valence-electron chi connectivity index (χ1n) is 7.13. The predicted octanol–water partition coefficient (Wildman–Crippen LogP) is -0.872. The van der Waals surface area contributed by atoms with Gasteiger partial charge in [0.15, 0.2) is 5.25 Å². The van der Waals surface area contributed by atoms with Crippen LogP contribution in [-0.2, 0) is 24.4 Å². The van der Waals surface area contributed by atoms with Crippen molar-refractivity contribution in [2.75, 3.05) is 6.61 Å². The second-order valence-electron chi connectivity index (χ2n) is 4.89. The van der Waals surface area contributed by atoms with Gasteiger partial charge in [0.1, 0.15) is 0 Å². The monoisotopic (exact) mass is 364 g/mol. The third-order valence-corrected chi connectivity index (χ3v) is 4.05. The maximum absolute atomic E-state index is 11.5. The van der Waals surface area contributed by atoms with E-state index in [4.69, 9.17) is 14.4 Å². The van der Waals surface area contributed by atoms with E-state index in [1.165, 1.54) is 12.8 Å². The average molecular weight is 365 g/mol. The Bertz CT molecular complexity index is 428. The zero-order valence-electron chi connectivity index (χ0n) is 14.3. The number of hydrogen-bond donors (Lipinski definition) is 2. The van der Waals surface area contributed by atoms with Crippen LogP contribution < -0.4 is 51.4 Å². The maximum atomic E-state index is 11.5. The van der Waals surface area contributed by atoms with Gasteiger partial charge in [-0.1, -0.05) is 45.4 Å². The third-order valence-electron chi connectivity index (χ3n) is 2.97. The maximum Gasteiger partial charge on any atom is 1.00 e. The van der Waals surface area contributed by atoms with Crippen molar-refractivity contribution in [3.63, 3.8) is 0 Å². The summed E-state index contributed by atoms with van der Waals surface area (Å²) in [5.41, 5.74) is 0. The average Bonchev–Trinajstić information content (AvgIpc) is 2.37. The molecule has 0 radical (unpaired) electrons. The number of rotatable bonds is 12. The SMILES string of the molecule is CCCCCCCCCOC(=O)C(CC(=O)O)S(=O)(=O)O.[H-].[K+]. The molecule has 0 saturated carbocycles. The molecule has 1 atom stereocenters. The van der Waals surface area contributed by atoms with Gasteiger partial charge < -0.3 is 11.3 Å². The Morgan fingerprint density at radius 3 is 2.05 bits per heavy atom. The summed E-state index contributed by atoms with van der Waals surface area (Å²) in [6.07, 6.45) is 6.07. The molecular formula is C13H25KO7S. The summed E-state index contributed by atoms with van der Waals surface area (Å²) >= 11 is 0. The van der Waals surface area contributed by atoms with Gasteiger partial charge in [0, 0.05) is 0 Å². The number of carbonyl (C=O) groups excluding carboxylic acids is 1. The molecule has 0 aliphatic heterocycles. The second-order valence-corrected chi connectivity index (χ2v) is 6.49. The van der Waals surface area contributed by atoms with Crippen LogP contribution in [0.15, 0.2) is 0 Å². The standard InChI is InChI=1S/C13H24O7S.K.H/c1-2-3-4-5-6-7-8-9-20-13(16)11(10-12(14)15)21(17,18)19;;/h11H,2-10H2,1H3,(H,14,15)(H,17,18,19);;/q;+1;-1. The Morgan fingerprint density at radius 1 is 1.09 bits per heavy atom. The molecule has 1 unspecified atom stereocenters. The Hall–Kier alpha value is 0.486. The van der Waals surface area contributed by atoms with Crippen molar-refractivity contribution in [3.05, 3.63) is 0 Å². The van der Waals surface area contributed by atoms with Crippen LogP contribution in [0.3, 0.4) is 0 Å². The van der Waals surface area contributed by atoms with Crippen molar-refractivity contribution in [1.29, 1.82) is 0 Å². The largest absolute Gasteiger partial charge is 1.00 e. The summed E-state index contributed by atoms with van der Waals surface area (Å²) in [5, 5.41) is 6.47. The summed E-state index contributed by atoms with van der Waals surface area (Å²) < 4.78 is 35.4. The predicted molar refractivity (Wildman–Crippen MR) is 77.7 cm³/mol. The van der Waals surface area contributed by atoms with E-state index in [1.807, 2.05) is 0 Å². The summed E-state index contributed by atoms with van der Waals surface area (Å²) in [7, 11) is -4.77. The minimum Gasteiger partial charge on any atom is -1.00 e. The first-order valence-corrected chi connectivity index (χ1v) is 8.64. The molecule has 22 heavy (non-hydrogen) atoms. The van der Waals surface area contributed by atoms with Crippen molar-refractivity contribution in [2.24, 2.45) is 0 Å². The number of ether oxygens (including phenoxy) is 1. The molecule has 9 heteroatoms. The topological polar surface area (TPSA) is 118 Å². The second kappa shape index (κ2) is 13.9. The Morgan fingerprint density at radius 2 is 1.59 bits per heavy atom. The first-order chi connectivity index (χ1) is 9.79. The van der Waals surface area contributed by atoms with E-state index in [9.17, 15) is 18.0 Å². The fourth-order valence-electron chi connectivity index (χ4n) is 1.79. The van der Waals surface area contributed by atoms with Crippen LogP contribution in [0.2, 0.25) is 0 Å². The van der Waals surface area contributed by atoms with Crippen LogP contribution >= 0.6 is 0 Å². The van der Waals surface area contributed by atoms with Gasteiger partial charge in [-0.15, -0.1) is 0 Å². The number of hydrogen-bond acceptors (Lipinski definition) is 5. The summed E-state index contributed by atoms with van der Waals surface area (Å²) in [4.78, 5) is 22.0. The zero-order chi connectivity index (χ0) is 16.3. The minimum atomic E-state index is -4.77. The van der Waals surface area contributed by atoms with Crippen LogP contribution in [0.5, 0.6) is 0 Å². The number of carbonyl (C=O) groups is 2. The van der Waals surface area contributed by atoms with Gasteiger partial charge in [-0.25, -0.2) is 0 Å². The number of carboxylic acid groups (broad SMARTS) is 1. The molecule has 0 aliphatic carbocycles. The van der Waals surface area contributed by atoms with Gasteiger partial charge in [0.25, 0.3) is 10.1 Å². The third kappa shape index (κ3) is 13.0. The Balaban J connectivity index is -0.00000200. The van der Waals surface area contributed by atoms with Crippen molar-refractivity contribution < 1.29 is 85.2 Å². The van der Waals surface area contributed by atoms with Crippen molar-refractivity contribution in [1.82, 2.24) is 0 Å². The molecule has 0 aromatic carbocycles. The number of esters is 1. The molecule has 0 rings (SSSR count). The van der Waals surface area contributed by atoms with Crippen LogP contribution in [0.4, 0.5) is 0 Å². The van der Waals surface area contributed by atoms with Gasteiger partial charge in [0.05, 0.1) is 13.0 Å². The minimum absolute atomic E-state index is 0. The molecule has 0 amide bonds. The molecule has 0 spiro atoms. The number of unbranched alkanes of at least 4 members (excludes halogenated alkanes) is 6. The van der Waals surface area contributed by atoms with E-state index >= 15 is 0 Å². The molecule has 7 nitrogen and oxygen atoms in total. The van der Waals surface area contributed by atoms with Gasteiger partial charge >= 0.3 is 63.3 Å². The van der Waals surface area contributed by atoms with E-state index in [0.717, 1.165) is 25.7 Å². The first kappa shape index (κ1) is 24.7. The molecule has 2 N–H and O–H groups in total. The van der Waals surface area contributed by atoms with Crippen LogP contribution in [0.25, 0.3) is 0 Å². The fourth-order valence-corrected chi connectivity index (χ4v) is 2.46. The molecule has 0 saturated heterocycles. The fraction of sp³-hybridized carbons (Fsp3) is 0.846. The molecule has 0 aromatic rings. The summed E-state index contributed by atoms with van der Waals surface area (Å²) in [5.74, 6) is -2.71. The normalized spacial score (nSPS) is 12.3. The molecule has 0 aliphatic rings. The summed E-state index contributed by atoms with van der Waals surface area (Å²) in [6, 6.07) is 0. The Labute approximate surface area is 175 Å². The Kier molecular flexibility index (Phi) is 15.6. The van der Waals surface area contributed by atoms with E-state index in [1.54, 1.807) is 0 Å². The molecule has 0 aromatic heterocycles. The van der Waals surface area contributed by atoms with Crippen LogP contribution in [0, 0.1) is 0 Å². The van der Waals surface area contributed by atoms with Gasteiger partial charge in [-0.3, -0.25) is 14.1 Å². The number of aliphatic carboxylic acids is 1. The van der Waals surface area contributed by atoms with Crippen molar-refractivity contribution >= 4 is 22.1 Å². The van der Waals surface area contributed by atoms with Crippen LogP contribution in [-0.4, -0.2) is 41.9 Å². The number of carboxylic acids is 1. The van der Waals surface area contributed by atoms with E-state index in [0.29, 0.717) is 6.42 Å². The van der Waals surface area contributed by atoms with E-state index in [2.05, 4.69) is 6.92 Å². The van der Waals surface area contributed by atoms with E-state index < -0.39 is 33.7 Å². The summed E-state index contributed by atoms with van der Waals surface area (Å²) in [6.45, 7) is 2.15. The van der Waals surface area contributed by atoms with E-state index in [-0.39, 0.29) is 59.4 Å². The van der Waals surface area contributed by atoms with Gasteiger partial charge in [0.2, 0.25) is 0 Å². The van der Waals surface area contributed by atoms with Crippen molar-refractivity contribution in [2.45, 2.75) is 63.5 Å². The quantitative estimate of drug-likeness (QED) is 0.200. The molecular weight excluding hydrogens is 339 g/mol. The smallest absolute Gasteiger partial charge is 1.00 e. The molecule has 0 fully saturated rings. The van der Waals surface area contributed by atoms with Crippen LogP contribution in [0.1, 0.15) is 59.7 Å². The molecule has 0 bridgehead atoms. The molecule has 0 heterocycles. The van der Waals surface area contributed by atoms with Gasteiger partial charge in [-0.2, -0.15) is 8.42 Å². The van der Waals surface area contributed by atoms with Gasteiger partial charge in [-0.05, 0) is 6.42 Å². The zero-order valence-corrected chi connectivity index (χ0v) is 17.2. The molecule has 126 valence electrons.